The number of hydrogen-bond donors (Lipinski definition) is 0. The average molecular weight is 440 g/mol. The van der Waals surface area contributed by atoms with E-state index in [1.54, 1.807) is 25.5 Å². The number of fused-ring (bicyclic) bond motifs is 1. The number of aliphatic imine (C=N–C) groups is 1. The standard InChI is InChI=1S/C26H30FNO2S/c1-6-21-23-14-18(15-30-31-7-2)8-13-22(23)26(19-9-11-20(27)12-10-19)28-25(17(3)4)24(21)16-29-5/h6,8-14,16-17,25H,7,15H2,1-5H3/b21-6?,24-16+/t25-/m0/s1. The lowest BCUT2D eigenvalue weighted by atomic mass is 9.86. The second-order valence-electron chi connectivity index (χ2n) is 7.73. The lowest BCUT2D eigenvalue weighted by Crippen LogP contribution is -2.18. The number of allylic oxidation sites excluding steroid dienone is 1. The number of methoxy groups -OCH3 is 1. The molecule has 0 radical (unpaired) electrons. The summed E-state index contributed by atoms with van der Waals surface area (Å²) in [5.41, 5.74) is 7.10. The lowest BCUT2D eigenvalue weighted by Gasteiger charge is -2.21. The van der Waals surface area contributed by atoms with E-state index in [2.05, 4.69) is 45.0 Å². The van der Waals surface area contributed by atoms with Gasteiger partial charge in [-0.05, 0) is 71.9 Å². The first kappa shape index (κ1) is 23.3. The first-order valence-electron chi connectivity index (χ1n) is 10.6. The van der Waals surface area contributed by atoms with E-state index in [1.165, 1.54) is 24.2 Å². The Morgan fingerprint density at radius 3 is 2.48 bits per heavy atom. The molecular formula is C26H30FNO2S. The molecule has 0 spiro atoms. The summed E-state index contributed by atoms with van der Waals surface area (Å²) in [5, 5.41) is 0. The van der Waals surface area contributed by atoms with Crippen LogP contribution in [0.25, 0.3) is 5.57 Å². The topological polar surface area (TPSA) is 30.8 Å². The molecule has 31 heavy (non-hydrogen) atoms. The summed E-state index contributed by atoms with van der Waals surface area (Å²) in [7, 11) is 1.67. The van der Waals surface area contributed by atoms with Gasteiger partial charge in [0, 0.05) is 22.5 Å². The summed E-state index contributed by atoms with van der Waals surface area (Å²) < 4.78 is 24.8. The van der Waals surface area contributed by atoms with Crippen LogP contribution in [-0.4, -0.2) is 24.6 Å². The lowest BCUT2D eigenvalue weighted by molar-refractivity contribution is 0.331. The van der Waals surface area contributed by atoms with Crippen molar-refractivity contribution in [3.8, 4) is 0 Å². The number of hydrogen-bond acceptors (Lipinski definition) is 4. The maximum atomic E-state index is 13.6. The number of halogens is 1. The first-order chi connectivity index (χ1) is 15.0. The SMILES string of the molecule is CC=C1/C(=C\OC)[C@H](C(C)C)N=C(c2ccc(F)cc2)c2ccc(COSCC)cc21. The highest BCUT2D eigenvalue weighted by Crippen LogP contribution is 2.38. The van der Waals surface area contributed by atoms with E-state index in [0.717, 1.165) is 44.9 Å². The highest BCUT2D eigenvalue weighted by molar-refractivity contribution is 7.94. The van der Waals surface area contributed by atoms with Crippen molar-refractivity contribution in [2.75, 3.05) is 12.9 Å². The van der Waals surface area contributed by atoms with Crippen molar-refractivity contribution >= 4 is 23.3 Å². The van der Waals surface area contributed by atoms with Gasteiger partial charge in [-0.2, -0.15) is 0 Å². The maximum absolute atomic E-state index is 13.6. The zero-order valence-electron chi connectivity index (χ0n) is 18.8. The minimum Gasteiger partial charge on any atom is -0.504 e. The number of rotatable bonds is 7. The smallest absolute Gasteiger partial charge is 0.123 e. The molecule has 3 nitrogen and oxygen atoms in total. The Balaban J connectivity index is 2.24. The van der Waals surface area contributed by atoms with Crippen LogP contribution in [0.2, 0.25) is 0 Å². The summed E-state index contributed by atoms with van der Waals surface area (Å²) in [5.74, 6) is 0.905. The van der Waals surface area contributed by atoms with Crippen LogP contribution in [0.4, 0.5) is 4.39 Å². The van der Waals surface area contributed by atoms with E-state index in [-0.39, 0.29) is 17.8 Å². The number of nitrogens with zero attached hydrogens (tertiary/aromatic N) is 1. The van der Waals surface area contributed by atoms with Crippen molar-refractivity contribution in [2.24, 2.45) is 10.9 Å². The van der Waals surface area contributed by atoms with Gasteiger partial charge in [0.05, 0.1) is 31.7 Å². The Kier molecular flexibility index (Phi) is 8.10. The van der Waals surface area contributed by atoms with Gasteiger partial charge in [-0.25, -0.2) is 4.39 Å². The summed E-state index contributed by atoms with van der Waals surface area (Å²) in [6.45, 7) is 8.95. The Labute approximate surface area is 189 Å². The molecule has 0 unspecified atom stereocenters. The van der Waals surface area contributed by atoms with Gasteiger partial charge < -0.3 is 8.92 Å². The molecule has 164 valence electrons. The van der Waals surface area contributed by atoms with E-state index < -0.39 is 0 Å². The summed E-state index contributed by atoms with van der Waals surface area (Å²) in [6.07, 6.45) is 3.92. The van der Waals surface area contributed by atoms with Crippen LogP contribution in [-0.2, 0) is 15.5 Å². The molecule has 3 rings (SSSR count). The molecule has 0 saturated carbocycles. The van der Waals surface area contributed by atoms with Crippen molar-refractivity contribution in [3.63, 3.8) is 0 Å². The van der Waals surface area contributed by atoms with Crippen LogP contribution in [0.15, 0.2) is 65.4 Å². The van der Waals surface area contributed by atoms with Crippen molar-refractivity contribution in [1.82, 2.24) is 0 Å². The zero-order valence-corrected chi connectivity index (χ0v) is 19.6. The highest BCUT2D eigenvalue weighted by atomic mass is 32.2. The molecule has 1 atom stereocenters. The highest BCUT2D eigenvalue weighted by Gasteiger charge is 2.29. The van der Waals surface area contributed by atoms with Gasteiger partial charge in [-0.1, -0.05) is 39.0 Å². The van der Waals surface area contributed by atoms with Crippen molar-refractivity contribution in [3.05, 3.63) is 88.4 Å². The maximum Gasteiger partial charge on any atom is 0.123 e. The number of benzene rings is 2. The summed E-state index contributed by atoms with van der Waals surface area (Å²) in [4.78, 5) is 5.19. The second kappa shape index (κ2) is 10.8. The van der Waals surface area contributed by atoms with Gasteiger partial charge in [-0.15, -0.1) is 0 Å². The van der Waals surface area contributed by atoms with Gasteiger partial charge in [0.15, 0.2) is 0 Å². The van der Waals surface area contributed by atoms with Gasteiger partial charge in [0.1, 0.15) is 5.82 Å². The molecule has 0 aliphatic carbocycles. The van der Waals surface area contributed by atoms with Gasteiger partial charge in [0.25, 0.3) is 0 Å². The monoisotopic (exact) mass is 439 g/mol. The minimum absolute atomic E-state index is 0.0889. The largest absolute Gasteiger partial charge is 0.504 e. The van der Waals surface area contributed by atoms with Crippen LogP contribution in [0.5, 0.6) is 0 Å². The molecule has 0 saturated heterocycles. The Hall–Kier alpha value is -2.37. The second-order valence-corrected chi connectivity index (χ2v) is 8.78. The molecule has 2 aromatic rings. The van der Waals surface area contributed by atoms with Gasteiger partial charge in [0.2, 0.25) is 0 Å². The van der Waals surface area contributed by atoms with E-state index in [4.69, 9.17) is 13.9 Å². The Morgan fingerprint density at radius 1 is 1.13 bits per heavy atom. The van der Waals surface area contributed by atoms with Gasteiger partial charge >= 0.3 is 0 Å². The molecule has 0 aromatic heterocycles. The Bertz CT molecular complexity index is 993. The molecule has 0 fully saturated rings. The van der Waals surface area contributed by atoms with Crippen LogP contribution < -0.4 is 0 Å². The minimum atomic E-state index is -0.256. The summed E-state index contributed by atoms with van der Waals surface area (Å²) in [6, 6.07) is 12.8. The zero-order chi connectivity index (χ0) is 22.4. The van der Waals surface area contributed by atoms with Crippen LogP contribution in [0.3, 0.4) is 0 Å². The molecule has 1 aliphatic heterocycles. The number of ether oxygens (including phenoxy) is 1. The molecule has 5 heteroatoms. The molecule has 1 aliphatic rings. The first-order valence-corrected chi connectivity index (χ1v) is 11.5. The molecule has 1 heterocycles. The molecule has 0 N–H and O–H groups in total. The third-order valence-electron chi connectivity index (χ3n) is 5.24. The fourth-order valence-corrected chi connectivity index (χ4v) is 4.21. The average Bonchev–Trinajstić information content (AvgIpc) is 2.89. The van der Waals surface area contributed by atoms with Crippen LogP contribution in [0, 0.1) is 11.7 Å². The molecule has 0 amide bonds. The normalized spacial score (nSPS) is 18.8. The van der Waals surface area contributed by atoms with Crippen molar-refractivity contribution < 1.29 is 13.3 Å². The van der Waals surface area contributed by atoms with Gasteiger partial charge in [-0.3, -0.25) is 4.99 Å². The van der Waals surface area contributed by atoms with Crippen LogP contribution in [0.1, 0.15) is 49.9 Å². The van der Waals surface area contributed by atoms with E-state index in [1.807, 2.05) is 6.92 Å². The molecule has 0 bridgehead atoms. The Morgan fingerprint density at radius 2 is 1.87 bits per heavy atom. The fraction of sp³-hybridized carbons (Fsp3) is 0.346. The third-order valence-corrected chi connectivity index (χ3v) is 5.76. The van der Waals surface area contributed by atoms with Crippen LogP contribution >= 0.6 is 12.0 Å². The fourth-order valence-electron chi connectivity index (χ4n) is 3.82. The van der Waals surface area contributed by atoms with Crippen molar-refractivity contribution in [2.45, 2.75) is 40.3 Å². The van der Waals surface area contributed by atoms with E-state index >= 15 is 0 Å². The predicted molar refractivity (Wildman–Crippen MR) is 129 cm³/mol. The predicted octanol–water partition coefficient (Wildman–Crippen LogP) is 6.82. The third kappa shape index (κ3) is 5.28. The quantitative estimate of drug-likeness (QED) is 0.269. The molecular weight excluding hydrogens is 409 g/mol. The van der Waals surface area contributed by atoms with Crippen molar-refractivity contribution in [1.29, 1.82) is 0 Å². The summed E-state index contributed by atoms with van der Waals surface area (Å²) >= 11 is 1.46. The molecule has 2 aromatic carbocycles. The van der Waals surface area contributed by atoms with E-state index in [9.17, 15) is 4.39 Å². The van der Waals surface area contributed by atoms with E-state index in [0.29, 0.717) is 6.61 Å².